The lowest BCUT2D eigenvalue weighted by molar-refractivity contribution is 0.204. The van der Waals surface area contributed by atoms with Gasteiger partial charge >= 0.3 is 0 Å². The lowest BCUT2D eigenvalue weighted by Gasteiger charge is -2.24. The van der Waals surface area contributed by atoms with Crippen LogP contribution < -0.4 is 10.6 Å². The monoisotopic (exact) mass is 1050 g/mol. The summed E-state index contributed by atoms with van der Waals surface area (Å²) in [5.74, 6) is 4.15. The van der Waals surface area contributed by atoms with Crippen LogP contribution in [0.1, 0.15) is 23.3 Å². The Hall–Kier alpha value is -6.08. The van der Waals surface area contributed by atoms with E-state index in [4.69, 9.17) is 19.9 Å². The maximum absolute atomic E-state index is 4.75. The summed E-state index contributed by atoms with van der Waals surface area (Å²) in [6.07, 6.45) is 0. The lowest BCUT2D eigenvalue weighted by atomic mass is 10.3. The first-order valence-electron chi connectivity index (χ1n) is 20.7. The first-order valence-corrected chi connectivity index (χ1v) is 20.7. The van der Waals surface area contributed by atoms with Crippen molar-refractivity contribution in [1.82, 2.24) is 70.1 Å². The largest absolute Gasteiger partial charge is 0.412 e. The van der Waals surface area contributed by atoms with Crippen molar-refractivity contribution in [2.75, 3.05) is 78.5 Å². The molecule has 10 rings (SSSR count). The summed E-state index contributed by atoms with van der Waals surface area (Å²) in [6, 6.07) is 32.9. The van der Waals surface area contributed by atoms with Gasteiger partial charge in [0.2, 0.25) is 0 Å². The molecule has 2 aliphatic heterocycles. The third-order valence-corrected chi connectivity index (χ3v) is 11.1. The van der Waals surface area contributed by atoms with Crippen LogP contribution in [0.5, 0.6) is 0 Å². The number of aromatic nitrogens is 8. The molecule has 420 valence electrons. The van der Waals surface area contributed by atoms with Gasteiger partial charge in [-0.25, -0.2) is 19.9 Å². The summed E-state index contributed by atoms with van der Waals surface area (Å²) in [6.45, 7) is 15.5. The van der Waals surface area contributed by atoms with Crippen molar-refractivity contribution in [2.24, 2.45) is 0 Å². The highest BCUT2D eigenvalue weighted by Crippen LogP contribution is 2.16. The number of H-pyrrole nitrogens is 4. The van der Waals surface area contributed by atoms with E-state index in [2.05, 4.69) is 98.7 Å². The van der Waals surface area contributed by atoms with E-state index in [1.807, 2.05) is 48.5 Å². The quantitative estimate of drug-likeness (QED) is 0.0835. The summed E-state index contributed by atoms with van der Waals surface area (Å²) in [5, 5.41) is 7.13. The van der Waals surface area contributed by atoms with Crippen LogP contribution in [0.15, 0.2) is 97.1 Å². The summed E-state index contributed by atoms with van der Waals surface area (Å²) in [4.78, 5) is 42.7. The topological polar surface area (TPSA) is 624 Å². The molecular weight excluding hydrogens is 965 g/mol. The average Bonchev–Trinajstić information content (AvgIpc) is 4.05. The Balaban J connectivity index is -0.000000198. The van der Waals surface area contributed by atoms with E-state index >= 15 is 0 Å². The maximum atomic E-state index is 4.75. The van der Waals surface area contributed by atoms with Gasteiger partial charge in [0, 0.05) is 78.5 Å². The Kier molecular flexibility index (Phi) is 43.8. The van der Waals surface area contributed by atoms with Gasteiger partial charge < -0.3 is 113 Å². The Bertz CT molecular complexity index is 2090. The second kappa shape index (κ2) is 39.4. The van der Waals surface area contributed by atoms with E-state index in [9.17, 15) is 0 Å². The van der Waals surface area contributed by atoms with Crippen molar-refractivity contribution in [3.63, 3.8) is 0 Å². The highest BCUT2D eigenvalue weighted by Gasteiger charge is 2.18. The molecule has 0 bridgehead atoms. The number of fused-ring (bicyclic) bond motifs is 4. The molecule has 6 heterocycles. The fourth-order valence-corrected chi connectivity index (χ4v) is 8.01. The van der Waals surface area contributed by atoms with Crippen LogP contribution >= 0.6 is 0 Å². The molecule has 29 nitrogen and oxygen atoms in total. The van der Waals surface area contributed by atoms with E-state index < -0.39 is 0 Å². The number of benzene rings is 4. The molecule has 0 radical (unpaired) electrons. The number of hydrogen-bond donors (Lipinski definition) is 6. The number of nitrogens with zero attached hydrogens (tertiary/aromatic N) is 8. The minimum Gasteiger partial charge on any atom is -0.412 e. The third-order valence-electron chi connectivity index (χ3n) is 11.1. The van der Waals surface area contributed by atoms with Crippen molar-refractivity contribution in [1.29, 1.82) is 0 Å². The van der Waals surface area contributed by atoms with Crippen LogP contribution in [0.3, 0.4) is 0 Å². The molecule has 2 fully saturated rings. The van der Waals surface area contributed by atoms with Gasteiger partial charge in [-0.05, 0) is 48.5 Å². The first kappa shape index (κ1) is 81.0. The van der Waals surface area contributed by atoms with E-state index in [1.165, 1.54) is 0 Å². The van der Waals surface area contributed by atoms with Gasteiger partial charge in [-0.15, -0.1) is 0 Å². The molecule has 0 atom stereocenters. The SMILES string of the molecule is O.O.O.O.O.O.O.O.O.O.O.O.O.O.O.c1ccc2[nH]c(CN3CCNCCN(Cc4nc5ccccc5[nH]4)CC3)nc2c1.c1ccc2[nH]c(CN3CCNCCN(Cc4nc5ccccc5[nH]4)CC3)nc2c1. The third kappa shape index (κ3) is 21.5. The average molecular weight is 1050 g/mol. The number of para-hydroxylation sites is 8. The summed E-state index contributed by atoms with van der Waals surface area (Å²) in [5.41, 5.74) is 8.58. The zero-order chi connectivity index (χ0) is 38.9. The van der Waals surface area contributed by atoms with Crippen LogP contribution in [0.25, 0.3) is 44.1 Å². The van der Waals surface area contributed by atoms with E-state index in [-0.39, 0.29) is 82.1 Å². The fraction of sp³-hybridized carbons (Fsp3) is 0.364. The predicted molar refractivity (Wildman–Crippen MR) is 285 cm³/mol. The molecule has 36 N–H and O–H groups in total. The molecule has 4 aromatic heterocycles. The lowest BCUT2D eigenvalue weighted by Crippen LogP contribution is -2.35. The minimum atomic E-state index is 0. The van der Waals surface area contributed by atoms with Crippen LogP contribution in [-0.4, -0.2) is 220 Å². The standard InChI is InChI=1S/2C22H27N7.15H2O/c2*1-2-6-18-17(5-1)24-21(25-18)15-28-11-9-23-10-12-29(14-13-28)16-22-26-19-7-3-4-8-20(19)27-22;;;;;;;;;;;;;;;/h2*1-8,23H,9-16H2,(H,24,25)(H,26,27);15*1H2. The number of imidazole rings is 4. The van der Waals surface area contributed by atoms with Gasteiger partial charge in [0.15, 0.2) is 0 Å². The number of aromatic amines is 4. The molecule has 29 heteroatoms. The Morgan fingerprint density at radius 3 is 0.658 bits per heavy atom. The fourth-order valence-electron chi connectivity index (χ4n) is 8.01. The predicted octanol–water partition coefficient (Wildman–Crippen LogP) is -7.68. The number of hydrogen-bond acceptors (Lipinski definition) is 10. The normalized spacial score (nSPS) is 13.8. The van der Waals surface area contributed by atoms with Crippen molar-refractivity contribution >= 4 is 44.1 Å². The maximum Gasteiger partial charge on any atom is 0.121 e. The zero-order valence-corrected chi connectivity index (χ0v) is 40.6. The molecule has 2 saturated heterocycles. The van der Waals surface area contributed by atoms with Crippen molar-refractivity contribution in [3.05, 3.63) is 120 Å². The highest BCUT2D eigenvalue weighted by atomic mass is 16.0. The molecular formula is C44H84N14O15. The van der Waals surface area contributed by atoms with E-state index in [0.717, 1.165) is 172 Å². The number of rotatable bonds is 8. The van der Waals surface area contributed by atoms with Gasteiger partial charge in [-0.2, -0.15) is 0 Å². The molecule has 2 aliphatic rings. The van der Waals surface area contributed by atoms with Crippen molar-refractivity contribution < 1.29 is 82.1 Å². The first-order chi connectivity index (χ1) is 28.7. The zero-order valence-electron chi connectivity index (χ0n) is 40.6. The molecule has 0 spiro atoms. The van der Waals surface area contributed by atoms with Crippen LogP contribution in [0.4, 0.5) is 0 Å². The van der Waals surface area contributed by atoms with Gasteiger partial charge in [0.05, 0.1) is 70.3 Å². The minimum absolute atomic E-state index is 0. The molecule has 0 unspecified atom stereocenters. The van der Waals surface area contributed by atoms with Gasteiger partial charge in [-0.3, -0.25) is 19.6 Å². The smallest absolute Gasteiger partial charge is 0.121 e. The molecule has 0 saturated carbocycles. The van der Waals surface area contributed by atoms with Gasteiger partial charge in [-0.1, -0.05) is 48.5 Å². The Morgan fingerprint density at radius 2 is 0.466 bits per heavy atom. The summed E-state index contributed by atoms with van der Waals surface area (Å²) in [7, 11) is 0. The number of nitrogens with one attached hydrogen (secondary N) is 6. The Morgan fingerprint density at radius 1 is 0.274 bits per heavy atom. The van der Waals surface area contributed by atoms with Crippen LogP contribution in [0.2, 0.25) is 0 Å². The molecule has 0 amide bonds. The van der Waals surface area contributed by atoms with Crippen molar-refractivity contribution in [2.45, 2.75) is 26.2 Å². The highest BCUT2D eigenvalue weighted by molar-refractivity contribution is 5.76. The van der Waals surface area contributed by atoms with E-state index in [1.54, 1.807) is 0 Å². The van der Waals surface area contributed by atoms with Crippen LogP contribution in [0, 0.1) is 0 Å². The van der Waals surface area contributed by atoms with Crippen molar-refractivity contribution in [3.8, 4) is 0 Å². The second-order valence-corrected chi connectivity index (χ2v) is 15.4. The van der Waals surface area contributed by atoms with Crippen LogP contribution in [-0.2, 0) is 26.2 Å². The molecule has 0 aliphatic carbocycles. The van der Waals surface area contributed by atoms with E-state index in [0.29, 0.717) is 0 Å². The second-order valence-electron chi connectivity index (χ2n) is 15.4. The molecule has 73 heavy (non-hydrogen) atoms. The summed E-state index contributed by atoms with van der Waals surface area (Å²) >= 11 is 0. The Labute approximate surface area is 420 Å². The molecule has 8 aromatic rings. The van der Waals surface area contributed by atoms with Gasteiger partial charge in [0.1, 0.15) is 23.3 Å². The molecule has 4 aromatic carbocycles. The summed E-state index contributed by atoms with van der Waals surface area (Å²) < 4.78 is 0. The van der Waals surface area contributed by atoms with Gasteiger partial charge in [0.25, 0.3) is 0 Å².